The first-order valence-corrected chi connectivity index (χ1v) is 10.3. The van der Waals surface area contributed by atoms with E-state index in [9.17, 15) is 4.79 Å². The molecule has 1 saturated heterocycles. The van der Waals surface area contributed by atoms with E-state index in [2.05, 4.69) is 40.2 Å². The maximum atomic E-state index is 13.0. The summed E-state index contributed by atoms with van der Waals surface area (Å²) in [6, 6.07) is 8.21. The van der Waals surface area contributed by atoms with Gasteiger partial charge in [-0.05, 0) is 51.5 Å². The normalized spacial score (nSPS) is 19.7. The van der Waals surface area contributed by atoms with Crippen LogP contribution < -0.4 is 15.8 Å². The molecular weight excluding hydrogens is 378 g/mol. The maximum absolute atomic E-state index is 13.0. The molecule has 0 aliphatic carbocycles. The lowest BCUT2D eigenvalue weighted by Crippen LogP contribution is -2.54. The summed E-state index contributed by atoms with van der Waals surface area (Å²) in [6.45, 7) is 10.1. The van der Waals surface area contributed by atoms with Crippen LogP contribution in [0.5, 0.6) is 0 Å². The van der Waals surface area contributed by atoms with Gasteiger partial charge in [-0.3, -0.25) is 9.20 Å². The molecule has 4 aromatic rings. The largest absolute Gasteiger partial charge is 0.367 e. The van der Waals surface area contributed by atoms with Crippen molar-refractivity contribution in [3.8, 4) is 11.4 Å². The molecule has 8 heteroatoms. The number of hydrogen-bond acceptors (Lipinski definition) is 6. The zero-order chi connectivity index (χ0) is 21.0. The average Bonchev–Trinajstić information content (AvgIpc) is 3.06. The lowest BCUT2D eigenvalue weighted by atomic mass is 10.1. The van der Waals surface area contributed by atoms with E-state index in [4.69, 9.17) is 4.98 Å². The number of anilines is 1. The minimum atomic E-state index is -0.111. The summed E-state index contributed by atoms with van der Waals surface area (Å²) in [5.41, 5.74) is 5.43. The first-order valence-electron chi connectivity index (χ1n) is 10.3. The van der Waals surface area contributed by atoms with Crippen molar-refractivity contribution in [2.45, 2.75) is 39.8 Å². The third kappa shape index (κ3) is 3.23. The highest BCUT2D eigenvalue weighted by Crippen LogP contribution is 2.22. The van der Waals surface area contributed by atoms with Gasteiger partial charge in [0, 0.05) is 37.4 Å². The van der Waals surface area contributed by atoms with Crippen LogP contribution in [-0.4, -0.2) is 49.2 Å². The predicted molar refractivity (Wildman–Crippen MR) is 117 cm³/mol. The van der Waals surface area contributed by atoms with Crippen molar-refractivity contribution in [2.24, 2.45) is 0 Å². The Kier molecular flexibility index (Phi) is 4.32. The number of nitrogens with zero attached hydrogens (tertiary/aromatic N) is 6. The van der Waals surface area contributed by atoms with Crippen molar-refractivity contribution in [3.05, 3.63) is 58.3 Å². The van der Waals surface area contributed by atoms with E-state index in [1.165, 1.54) is 0 Å². The Balaban J connectivity index is 1.60. The van der Waals surface area contributed by atoms with Crippen molar-refractivity contribution < 1.29 is 0 Å². The Labute approximate surface area is 174 Å². The number of imidazole rings is 1. The molecule has 5 rings (SSSR count). The molecule has 1 aliphatic heterocycles. The van der Waals surface area contributed by atoms with Gasteiger partial charge in [-0.2, -0.15) is 5.10 Å². The molecule has 30 heavy (non-hydrogen) atoms. The van der Waals surface area contributed by atoms with E-state index in [1.54, 1.807) is 15.0 Å². The van der Waals surface area contributed by atoms with Crippen LogP contribution in [0.4, 0.5) is 5.69 Å². The van der Waals surface area contributed by atoms with Gasteiger partial charge in [-0.25, -0.2) is 14.5 Å². The Morgan fingerprint density at radius 2 is 1.77 bits per heavy atom. The molecule has 2 atom stereocenters. The maximum Gasteiger partial charge on any atom is 0.258 e. The number of rotatable bonds is 2. The molecule has 8 nitrogen and oxygen atoms in total. The van der Waals surface area contributed by atoms with Gasteiger partial charge < -0.3 is 10.2 Å². The molecule has 4 aromatic heterocycles. The van der Waals surface area contributed by atoms with Crippen molar-refractivity contribution in [3.63, 3.8) is 0 Å². The molecule has 1 aliphatic rings. The molecular formula is C22H25N7O. The monoisotopic (exact) mass is 403 g/mol. The smallest absolute Gasteiger partial charge is 0.258 e. The molecule has 0 bridgehead atoms. The van der Waals surface area contributed by atoms with Crippen molar-refractivity contribution in [2.75, 3.05) is 18.0 Å². The SMILES string of the molecule is Cc1cn2nc(-c3cc(=O)n4cc(N5CC(C)N[C@@H](C)C5)cc(C)c4n3)ccc2n1. The van der Waals surface area contributed by atoms with Crippen molar-refractivity contribution >= 4 is 17.0 Å². The lowest BCUT2D eigenvalue weighted by Gasteiger charge is -2.37. The van der Waals surface area contributed by atoms with E-state index in [0.29, 0.717) is 29.1 Å². The van der Waals surface area contributed by atoms with Gasteiger partial charge in [0.2, 0.25) is 0 Å². The van der Waals surface area contributed by atoms with Crippen LogP contribution >= 0.6 is 0 Å². The zero-order valence-corrected chi connectivity index (χ0v) is 17.6. The topological polar surface area (TPSA) is 79.8 Å². The Bertz CT molecular complexity index is 1310. The second kappa shape index (κ2) is 6.91. The molecule has 0 amide bonds. The quantitative estimate of drug-likeness (QED) is 0.553. The van der Waals surface area contributed by atoms with Crippen LogP contribution in [-0.2, 0) is 0 Å². The summed E-state index contributed by atoms with van der Waals surface area (Å²) < 4.78 is 3.36. The number of aromatic nitrogens is 5. The van der Waals surface area contributed by atoms with Gasteiger partial charge in [-0.15, -0.1) is 0 Å². The Hall–Kier alpha value is -3.26. The lowest BCUT2D eigenvalue weighted by molar-refractivity contribution is 0.406. The molecule has 0 aromatic carbocycles. The molecule has 154 valence electrons. The molecule has 5 heterocycles. The first kappa shape index (κ1) is 18.7. The summed E-state index contributed by atoms with van der Waals surface area (Å²) in [5, 5.41) is 8.13. The third-order valence-corrected chi connectivity index (χ3v) is 5.56. The van der Waals surface area contributed by atoms with Gasteiger partial charge in [0.05, 0.1) is 23.3 Å². The van der Waals surface area contributed by atoms with Gasteiger partial charge in [0.15, 0.2) is 5.65 Å². The highest BCUT2D eigenvalue weighted by Gasteiger charge is 2.22. The molecule has 1 unspecified atom stereocenters. The highest BCUT2D eigenvalue weighted by molar-refractivity contribution is 5.63. The van der Waals surface area contributed by atoms with Crippen molar-refractivity contribution in [1.82, 2.24) is 29.3 Å². The van der Waals surface area contributed by atoms with E-state index in [0.717, 1.165) is 35.7 Å². The van der Waals surface area contributed by atoms with Crippen LogP contribution in [0.2, 0.25) is 0 Å². The van der Waals surface area contributed by atoms with Gasteiger partial charge in [0.25, 0.3) is 5.56 Å². The second-order valence-electron chi connectivity index (χ2n) is 8.33. The van der Waals surface area contributed by atoms with E-state index in [1.807, 2.05) is 38.4 Å². The molecule has 1 fully saturated rings. The Morgan fingerprint density at radius 3 is 2.53 bits per heavy atom. The third-order valence-electron chi connectivity index (χ3n) is 5.56. The van der Waals surface area contributed by atoms with E-state index < -0.39 is 0 Å². The van der Waals surface area contributed by atoms with E-state index >= 15 is 0 Å². The van der Waals surface area contributed by atoms with E-state index in [-0.39, 0.29) is 5.56 Å². The standard InChI is InChI=1S/C22H25N7O/c1-13-7-17(27-9-14(2)23-15(3)10-27)12-28-21(30)8-19(25-22(13)28)18-5-6-20-24-16(4)11-29(20)26-18/h5-8,11-12,14-15,23H,9-10H2,1-4H3/t14-,15?/m0/s1. The van der Waals surface area contributed by atoms with Crippen LogP contribution in [0.1, 0.15) is 25.1 Å². The van der Waals surface area contributed by atoms with Crippen LogP contribution in [0.15, 0.2) is 41.5 Å². The molecule has 0 radical (unpaired) electrons. The van der Waals surface area contributed by atoms with Crippen LogP contribution in [0.3, 0.4) is 0 Å². The summed E-state index contributed by atoms with van der Waals surface area (Å²) in [5.74, 6) is 0. The van der Waals surface area contributed by atoms with Crippen molar-refractivity contribution in [1.29, 1.82) is 0 Å². The summed E-state index contributed by atoms with van der Waals surface area (Å²) in [6.07, 6.45) is 3.77. The summed E-state index contributed by atoms with van der Waals surface area (Å²) in [7, 11) is 0. The van der Waals surface area contributed by atoms with Gasteiger partial charge in [-0.1, -0.05) is 0 Å². The van der Waals surface area contributed by atoms with Crippen LogP contribution in [0, 0.1) is 13.8 Å². The van der Waals surface area contributed by atoms with Gasteiger partial charge >= 0.3 is 0 Å². The fraction of sp³-hybridized carbons (Fsp3) is 0.364. The second-order valence-corrected chi connectivity index (χ2v) is 8.33. The first-order chi connectivity index (χ1) is 14.4. The number of piperazine rings is 1. The molecule has 1 N–H and O–H groups in total. The Morgan fingerprint density at radius 1 is 1.00 bits per heavy atom. The number of pyridine rings is 1. The van der Waals surface area contributed by atoms with Gasteiger partial charge in [0.1, 0.15) is 11.3 Å². The number of nitrogens with one attached hydrogen (secondary N) is 1. The number of aryl methyl sites for hydroxylation is 2. The van der Waals surface area contributed by atoms with Crippen LogP contribution in [0.25, 0.3) is 22.7 Å². The number of hydrogen-bond donors (Lipinski definition) is 1. The summed E-state index contributed by atoms with van der Waals surface area (Å²) >= 11 is 0. The fourth-order valence-electron chi connectivity index (χ4n) is 4.33. The fourth-order valence-corrected chi connectivity index (χ4v) is 4.33. The average molecular weight is 403 g/mol. The molecule has 0 spiro atoms. The minimum absolute atomic E-state index is 0.111. The highest BCUT2D eigenvalue weighted by atomic mass is 16.1. The molecule has 0 saturated carbocycles. The zero-order valence-electron chi connectivity index (χ0n) is 17.6. The number of fused-ring (bicyclic) bond motifs is 2. The minimum Gasteiger partial charge on any atom is -0.367 e. The summed E-state index contributed by atoms with van der Waals surface area (Å²) in [4.78, 5) is 24.5. The predicted octanol–water partition coefficient (Wildman–Crippen LogP) is 2.21.